The lowest BCUT2D eigenvalue weighted by molar-refractivity contribution is 0.482. The molecular formula is C122H98F2N2O4. The summed E-state index contributed by atoms with van der Waals surface area (Å²) < 4.78 is 57.6. The van der Waals surface area contributed by atoms with Gasteiger partial charge in [0.15, 0.2) is 0 Å². The lowest BCUT2D eigenvalue weighted by atomic mass is 9.67. The molecule has 0 bridgehead atoms. The highest BCUT2D eigenvalue weighted by molar-refractivity contribution is 6.08. The molecule has 0 aliphatic heterocycles. The molecule has 19 aromatic rings. The van der Waals surface area contributed by atoms with Gasteiger partial charge in [0.2, 0.25) is 0 Å². The number of hydrogen-bond acceptors (Lipinski definition) is 6. The molecule has 634 valence electrons. The van der Waals surface area contributed by atoms with Crippen molar-refractivity contribution in [2.75, 3.05) is 9.80 Å². The van der Waals surface area contributed by atoms with E-state index in [-0.39, 0.29) is 11.6 Å². The average Bonchev–Trinajstić information content (AvgIpc) is 1.54. The first-order valence-corrected chi connectivity index (χ1v) is 45.7. The second-order valence-electron chi connectivity index (χ2n) is 34.9. The maximum atomic E-state index is 15.5. The highest BCUT2D eigenvalue weighted by atomic mass is 19.1. The van der Waals surface area contributed by atoms with Crippen molar-refractivity contribution in [3.63, 3.8) is 0 Å². The fourth-order valence-corrected chi connectivity index (χ4v) is 20.8. The van der Waals surface area contributed by atoms with Crippen molar-refractivity contribution < 1.29 is 27.1 Å². The average molecular weight is 1690 g/mol. The summed E-state index contributed by atoms with van der Waals surface area (Å²) in [4.78, 5) is 4.78. The first-order chi connectivity index (χ1) is 63.8. The lowest BCUT2D eigenvalue weighted by Crippen LogP contribution is -2.29. The van der Waals surface area contributed by atoms with Crippen LogP contribution in [-0.4, -0.2) is 0 Å². The molecule has 21 rings (SSSR count). The zero-order valence-electron chi connectivity index (χ0n) is 73.6. The van der Waals surface area contributed by atoms with E-state index in [1.165, 1.54) is 33.4 Å². The van der Waals surface area contributed by atoms with Crippen molar-refractivity contribution in [2.45, 2.75) is 103 Å². The first kappa shape index (κ1) is 81.9. The Morgan fingerprint density at radius 2 is 0.600 bits per heavy atom. The van der Waals surface area contributed by atoms with E-state index in [0.29, 0.717) is 11.5 Å². The van der Waals surface area contributed by atoms with E-state index in [2.05, 4.69) is 269 Å². The van der Waals surface area contributed by atoms with Gasteiger partial charge in [-0.3, -0.25) is 0 Å². The highest BCUT2D eigenvalue weighted by Crippen LogP contribution is 2.61. The predicted octanol–water partition coefficient (Wildman–Crippen LogP) is 34.5. The summed E-state index contributed by atoms with van der Waals surface area (Å²) in [6, 6.07) is 127. The molecule has 130 heavy (non-hydrogen) atoms. The summed E-state index contributed by atoms with van der Waals surface area (Å²) in [6.45, 7) is 17.1. The van der Waals surface area contributed by atoms with Gasteiger partial charge >= 0.3 is 0 Å². The molecule has 6 nitrogen and oxygen atoms in total. The summed E-state index contributed by atoms with van der Waals surface area (Å²) in [5.41, 5.74) is 31.9. The Balaban J connectivity index is 0.698. The van der Waals surface area contributed by atoms with Gasteiger partial charge in [-0.2, -0.15) is 0 Å². The van der Waals surface area contributed by atoms with Crippen LogP contribution in [0.5, 0.6) is 23.0 Å². The fourth-order valence-electron chi connectivity index (χ4n) is 20.8. The maximum Gasteiger partial charge on any atom is 0.137 e. The molecule has 0 radical (unpaired) electrons. The SMILES string of the molecule is C=Cc1ccc(Oc2ccc(C3(c4ccc(F)cc4)c4ccccc4-c4ccc(N(c5ccc(-c6cc(CCCCCC)c(-c7ccc(N(c8ccc9c(c8)C(c8ccc(F)cc8)(c8ccc(Oc%10ccc(C=C)cc%10)cc8)c8ccccc8-9)c8ccc9c(c8)oc8ccccc89)cc7C)cc6CCCCCC)c(C)c5)c5ccc6c(c5)oc5ccccc56)cc43)cc2)cc1. The maximum absolute atomic E-state index is 15.5. The summed E-state index contributed by atoms with van der Waals surface area (Å²) in [6.07, 6.45) is 14.4. The Morgan fingerprint density at radius 3 is 0.977 bits per heavy atom. The number of nitrogens with zero attached hydrogens (tertiary/aromatic N) is 2. The molecule has 0 spiro atoms. The van der Waals surface area contributed by atoms with Crippen LogP contribution >= 0.6 is 0 Å². The Labute approximate surface area is 759 Å². The van der Waals surface area contributed by atoms with Gasteiger partial charge in [0.05, 0.1) is 10.8 Å². The molecule has 2 aliphatic carbocycles. The molecule has 2 heterocycles. The molecule has 2 unspecified atom stereocenters. The van der Waals surface area contributed by atoms with E-state index in [1.54, 1.807) is 24.3 Å². The lowest BCUT2D eigenvalue weighted by Gasteiger charge is -2.35. The van der Waals surface area contributed by atoms with Gasteiger partial charge < -0.3 is 28.1 Å². The minimum atomic E-state index is -0.887. The molecule has 2 aromatic heterocycles. The van der Waals surface area contributed by atoms with Crippen LogP contribution in [-0.2, 0) is 23.7 Å². The van der Waals surface area contributed by atoms with Gasteiger partial charge in [-0.15, -0.1) is 0 Å². The largest absolute Gasteiger partial charge is 0.457 e. The van der Waals surface area contributed by atoms with E-state index < -0.39 is 10.8 Å². The van der Waals surface area contributed by atoms with Gasteiger partial charge in [0.1, 0.15) is 57.0 Å². The Bertz CT molecular complexity index is 7080. The molecule has 17 aromatic carbocycles. The van der Waals surface area contributed by atoms with E-state index in [0.717, 1.165) is 243 Å². The highest BCUT2D eigenvalue weighted by Gasteiger charge is 2.49. The topological polar surface area (TPSA) is 51.2 Å². The fraction of sp³-hybridized carbons (Fsp3) is 0.131. The molecular weight excluding hydrogens is 1600 g/mol. The number of benzene rings is 17. The van der Waals surface area contributed by atoms with Gasteiger partial charge in [-0.05, 0) is 320 Å². The monoisotopic (exact) mass is 1690 g/mol. The summed E-state index contributed by atoms with van der Waals surface area (Å²) in [5.74, 6) is 2.25. The molecule has 0 saturated heterocycles. The van der Waals surface area contributed by atoms with Crippen LogP contribution in [0.1, 0.15) is 143 Å². The van der Waals surface area contributed by atoms with Crippen molar-refractivity contribution in [3.05, 3.63) is 467 Å². The van der Waals surface area contributed by atoms with Crippen molar-refractivity contribution in [1.29, 1.82) is 0 Å². The molecule has 8 heteroatoms. The van der Waals surface area contributed by atoms with E-state index in [4.69, 9.17) is 18.3 Å². The first-order valence-electron chi connectivity index (χ1n) is 45.7. The normalized spacial score (nSPS) is 14.2. The standard InChI is InChI=1S/C122H98F2N2O4/c1-7-11-13-15-25-83-73-112(102-66-52-92(72-80(102)6)126(96-56-70-110-108-30-20-24-34-118(108)130-120(110)78-96)94-54-68-106-104-28-18-22-32-114(104)122(116(106)76-94,86-41-49-90(124)50-42-86)88-45-63-100(64-46-88)128-98-59-37-82(10-4)38-60-98)84(26-16-14-12-8-2)74-111(83)101-65-51-91(71-79(101)5)125(95-55-69-109-107-29-19-23-33-117(107)129-119(109)77-95)93-53-67-105-103-27-17-21-31-113(103)121(115(105)75-93,85-39-47-89(123)48-40-85)87-43-61-99(62-44-87)127-97-57-35-81(9-3)36-58-97/h9-10,17-24,27-78H,3-4,7-8,11-16,25-26H2,1-2,5-6H3. The van der Waals surface area contributed by atoms with Gasteiger partial charge in [0, 0.05) is 67.8 Å². The Kier molecular flexibility index (Phi) is 21.8. The number of anilines is 6. The molecule has 2 aliphatic rings. The number of aryl methyl sites for hydroxylation is 4. The summed E-state index contributed by atoms with van der Waals surface area (Å²) in [7, 11) is 0. The third-order valence-electron chi connectivity index (χ3n) is 27.1. The number of hydrogen-bond donors (Lipinski definition) is 0. The third-order valence-corrected chi connectivity index (χ3v) is 27.1. The van der Waals surface area contributed by atoms with Crippen LogP contribution in [0.25, 0.3) is 101 Å². The van der Waals surface area contributed by atoms with E-state index in [1.807, 2.05) is 133 Å². The van der Waals surface area contributed by atoms with Crippen LogP contribution in [0.4, 0.5) is 42.9 Å². The second kappa shape index (κ2) is 34.6. The van der Waals surface area contributed by atoms with Crippen LogP contribution in [0, 0.1) is 25.5 Å². The van der Waals surface area contributed by atoms with Crippen molar-refractivity contribution in [3.8, 4) is 67.5 Å². The number of unbranched alkanes of at least 4 members (excludes halogenated alkanes) is 6. The number of halogens is 2. The van der Waals surface area contributed by atoms with Crippen LogP contribution in [0.2, 0.25) is 0 Å². The number of rotatable bonds is 28. The van der Waals surface area contributed by atoms with Crippen LogP contribution in [0.3, 0.4) is 0 Å². The second-order valence-corrected chi connectivity index (χ2v) is 34.9. The van der Waals surface area contributed by atoms with Crippen molar-refractivity contribution in [1.82, 2.24) is 0 Å². The van der Waals surface area contributed by atoms with Crippen molar-refractivity contribution >= 4 is 90.2 Å². The van der Waals surface area contributed by atoms with Gasteiger partial charge in [-0.25, -0.2) is 8.78 Å². The van der Waals surface area contributed by atoms with E-state index in [9.17, 15) is 0 Å². The molecule has 0 amide bonds. The molecule has 0 fully saturated rings. The minimum Gasteiger partial charge on any atom is -0.457 e. The third kappa shape index (κ3) is 14.6. The Morgan fingerprint density at radius 1 is 0.285 bits per heavy atom. The van der Waals surface area contributed by atoms with Crippen LogP contribution < -0.4 is 19.3 Å². The van der Waals surface area contributed by atoms with Gasteiger partial charge in [0.25, 0.3) is 0 Å². The predicted molar refractivity (Wildman–Crippen MR) is 534 cm³/mol. The van der Waals surface area contributed by atoms with E-state index >= 15 is 8.78 Å². The molecule has 2 atom stereocenters. The van der Waals surface area contributed by atoms with Crippen LogP contribution in [0.15, 0.2) is 386 Å². The summed E-state index contributed by atoms with van der Waals surface area (Å²) >= 11 is 0. The molecule has 0 N–H and O–H groups in total. The Hall–Kier alpha value is -15.1. The minimum absolute atomic E-state index is 0.300. The smallest absolute Gasteiger partial charge is 0.137 e. The number of para-hydroxylation sites is 2. The zero-order valence-corrected chi connectivity index (χ0v) is 73.6. The van der Waals surface area contributed by atoms with Gasteiger partial charge in [-0.1, -0.05) is 272 Å². The quantitative estimate of drug-likeness (QED) is 0.0456. The zero-order chi connectivity index (χ0) is 88.1. The number of fused-ring (bicyclic) bond motifs is 12. The number of furan rings is 2. The van der Waals surface area contributed by atoms with Crippen molar-refractivity contribution in [2.24, 2.45) is 0 Å². The molecule has 0 saturated carbocycles. The summed E-state index contributed by atoms with van der Waals surface area (Å²) in [5, 5.41) is 4.22. The number of ether oxygens (including phenoxy) is 2.